The summed E-state index contributed by atoms with van der Waals surface area (Å²) in [5.74, 6) is 3.07. The third-order valence-electron chi connectivity index (χ3n) is 6.63. The molecule has 2 atom stereocenters. The first-order valence-corrected chi connectivity index (χ1v) is 11.7. The average molecular weight is 514 g/mol. The van der Waals surface area contributed by atoms with E-state index in [1.807, 2.05) is 27.7 Å². The minimum atomic E-state index is -1.00. The molecule has 1 fully saturated rings. The average Bonchev–Trinajstić information content (AvgIpc) is 3.44. The van der Waals surface area contributed by atoms with E-state index in [2.05, 4.69) is 16.8 Å². The first-order chi connectivity index (χ1) is 17.4. The highest BCUT2D eigenvalue weighted by Crippen LogP contribution is 2.42. The van der Waals surface area contributed by atoms with Crippen molar-refractivity contribution in [3.05, 3.63) is 40.7 Å². The first-order valence-electron chi connectivity index (χ1n) is 11.7. The molecule has 3 heterocycles. The van der Waals surface area contributed by atoms with E-state index in [-0.39, 0.29) is 35.1 Å². The van der Waals surface area contributed by atoms with Crippen molar-refractivity contribution in [2.45, 2.75) is 46.2 Å². The van der Waals surface area contributed by atoms with Gasteiger partial charge in [-0.05, 0) is 30.2 Å². The van der Waals surface area contributed by atoms with Crippen molar-refractivity contribution in [2.75, 3.05) is 26.5 Å². The van der Waals surface area contributed by atoms with Gasteiger partial charge >= 0.3 is 6.09 Å². The second-order valence-electron chi connectivity index (χ2n) is 10.0. The van der Waals surface area contributed by atoms with Gasteiger partial charge in [0.25, 0.3) is 0 Å². The Morgan fingerprint density at radius 1 is 1.19 bits per heavy atom. The number of hydrogen-bond donors (Lipinski definition) is 2. The number of aromatic nitrogens is 3. The lowest BCUT2D eigenvalue weighted by Gasteiger charge is -2.37. The molecule has 1 aliphatic rings. The fourth-order valence-corrected chi connectivity index (χ4v) is 5.08. The fourth-order valence-electron chi connectivity index (χ4n) is 5.08. The number of benzene rings is 1. The highest BCUT2D eigenvalue weighted by Gasteiger charge is 2.46. The molecule has 0 bridgehead atoms. The molecule has 1 aromatic carbocycles. The molecular weight excluding hydrogens is 484 g/mol. The lowest BCUT2D eigenvalue weighted by molar-refractivity contribution is 0.0913. The lowest BCUT2D eigenvalue weighted by atomic mass is 9.82. The normalized spacial score (nSPS) is 17.6. The number of nitrogens with two attached hydrogens (primary N) is 1. The molecule has 4 rings (SSSR count). The minimum absolute atomic E-state index is 0.153. The van der Waals surface area contributed by atoms with Crippen LogP contribution in [-0.4, -0.2) is 57.7 Å². The van der Waals surface area contributed by atoms with Crippen molar-refractivity contribution in [2.24, 2.45) is 5.41 Å². The van der Waals surface area contributed by atoms with E-state index in [1.54, 1.807) is 10.9 Å². The third-order valence-corrected chi connectivity index (χ3v) is 6.63. The topological polar surface area (TPSA) is 116 Å². The second-order valence-corrected chi connectivity index (χ2v) is 10.0. The van der Waals surface area contributed by atoms with E-state index in [4.69, 9.17) is 20.3 Å². The Morgan fingerprint density at radius 2 is 1.81 bits per heavy atom. The molecule has 2 aromatic heterocycles. The lowest BCUT2D eigenvalue weighted by Crippen LogP contribution is -2.46. The van der Waals surface area contributed by atoms with Gasteiger partial charge < -0.3 is 25.2 Å². The predicted molar refractivity (Wildman–Crippen MR) is 134 cm³/mol. The summed E-state index contributed by atoms with van der Waals surface area (Å²) in [6.07, 6.45) is 1.13. The summed E-state index contributed by atoms with van der Waals surface area (Å²) in [5, 5.41) is 15.0. The SMILES string of the molecule is COc1cc(OC)c(F)c(C#Cc2nn(C3CCN(C(=O)O)[C@H]3C(C)(C)C)c3c(C)cnc(N)c23)c1F. The van der Waals surface area contributed by atoms with Crippen LogP contribution in [0.25, 0.3) is 10.9 Å². The van der Waals surface area contributed by atoms with Gasteiger partial charge in [0.05, 0.1) is 37.2 Å². The number of ether oxygens (including phenoxy) is 2. The molecule has 1 saturated heterocycles. The molecule has 37 heavy (non-hydrogen) atoms. The minimum Gasteiger partial charge on any atom is -0.493 e. The maximum atomic E-state index is 14.9. The highest BCUT2D eigenvalue weighted by atomic mass is 19.1. The van der Waals surface area contributed by atoms with Crippen LogP contribution in [0.15, 0.2) is 12.3 Å². The quantitative estimate of drug-likeness (QED) is 0.500. The zero-order chi connectivity index (χ0) is 27.2. The number of methoxy groups -OCH3 is 2. The van der Waals surface area contributed by atoms with Crippen LogP contribution in [0, 0.1) is 35.8 Å². The number of carbonyl (C=O) groups is 1. The number of aryl methyl sites for hydroxylation is 1. The predicted octanol–water partition coefficient (Wildman–Crippen LogP) is 4.36. The van der Waals surface area contributed by atoms with Crippen molar-refractivity contribution in [3.8, 4) is 23.3 Å². The van der Waals surface area contributed by atoms with Crippen LogP contribution < -0.4 is 15.2 Å². The zero-order valence-electron chi connectivity index (χ0n) is 21.5. The molecule has 3 aromatic rings. The number of rotatable bonds is 3. The van der Waals surface area contributed by atoms with E-state index in [1.165, 1.54) is 19.1 Å². The Balaban J connectivity index is 1.94. The van der Waals surface area contributed by atoms with Gasteiger partial charge in [-0.2, -0.15) is 5.10 Å². The summed E-state index contributed by atoms with van der Waals surface area (Å²) >= 11 is 0. The number of pyridine rings is 1. The van der Waals surface area contributed by atoms with Crippen molar-refractivity contribution in [1.29, 1.82) is 0 Å². The summed E-state index contributed by atoms with van der Waals surface area (Å²) in [7, 11) is 2.51. The number of carboxylic acid groups (broad SMARTS) is 1. The van der Waals surface area contributed by atoms with E-state index >= 15 is 0 Å². The summed E-state index contributed by atoms with van der Waals surface area (Å²) < 4.78 is 41.6. The van der Waals surface area contributed by atoms with Gasteiger partial charge in [-0.1, -0.05) is 26.7 Å². The molecule has 0 radical (unpaired) electrons. The van der Waals surface area contributed by atoms with Crippen LogP contribution >= 0.6 is 0 Å². The standard InChI is InChI=1S/C26H29F2N5O4/c1-13-12-30-24(29)19-15(8-7-14-20(27)17(36-5)11-18(37-6)21(14)28)31-33(22(13)19)16-9-10-32(25(34)35)23(16)26(2,3)4/h11-12,16,23H,9-10H2,1-6H3,(H2,29,30)(H,34,35)/t16?,23-/m1/s1. The molecule has 1 aliphatic heterocycles. The Bertz CT molecular complexity index is 1420. The van der Waals surface area contributed by atoms with Gasteiger partial charge in [0.2, 0.25) is 0 Å². The van der Waals surface area contributed by atoms with E-state index in [0.29, 0.717) is 23.9 Å². The summed E-state index contributed by atoms with van der Waals surface area (Å²) in [6, 6.07) is 0.395. The first kappa shape index (κ1) is 26.0. The smallest absolute Gasteiger partial charge is 0.407 e. The zero-order valence-corrected chi connectivity index (χ0v) is 21.5. The van der Waals surface area contributed by atoms with E-state index in [0.717, 1.165) is 11.6 Å². The Kier molecular flexibility index (Phi) is 6.62. The summed E-state index contributed by atoms with van der Waals surface area (Å²) in [4.78, 5) is 17.7. The molecule has 0 saturated carbocycles. The van der Waals surface area contributed by atoms with Gasteiger partial charge in [-0.15, -0.1) is 0 Å². The second kappa shape index (κ2) is 9.42. The summed E-state index contributed by atoms with van der Waals surface area (Å²) in [5.41, 5.74) is 6.86. The molecule has 9 nitrogen and oxygen atoms in total. The van der Waals surface area contributed by atoms with Gasteiger partial charge in [0.15, 0.2) is 23.1 Å². The number of halogens is 2. The molecule has 3 N–H and O–H groups in total. The van der Waals surface area contributed by atoms with Crippen LogP contribution in [0.1, 0.15) is 50.1 Å². The largest absolute Gasteiger partial charge is 0.493 e. The maximum Gasteiger partial charge on any atom is 0.407 e. The van der Waals surface area contributed by atoms with Crippen LogP contribution in [0.2, 0.25) is 0 Å². The van der Waals surface area contributed by atoms with Crippen LogP contribution in [0.3, 0.4) is 0 Å². The highest BCUT2D eigenvalue weighted by molar-refractivity contribution is 5.95. The summed E-state index contributed by atoms with van der Waals surface area (Å²) in [6.45, 7) is 8.10. The number of likely N-dealkylation sites (tertiary alicyclic amines) is 1. The van der Waals surface area contributed by atoms with Crippen molar-refractivity contribution < 1.29 is 28.2 Å². The van der Waals surface area contributed by atoms with Crippen molar-refractivity contribution in [1.82, 2.24) is 19.7 Å². The number of hydrogen-bond acceptors (Lipinski definition) is 6. The molecule has 1 amide bonds. The van der Waals surface area contributed by atoms with Crippen LogP contribution in [0.5, 0.6) is 11.5 Å². The monoisotopic (exact) mass is 513 g/mol. The number of fused-ring (bicyclic) bond motifs is 1. The Morgan fingerprint density at radius 3 is 2.35 bits per heavy atom. The van der Waals surface area contributed by atoms with Crippen molar-refractivity contribution in [3.63, 3.8) is 0 Å². The number of anilines is 1. The number of amides is 1. The van der Waals surface area contributed by atoms with Crippen LogP contribution in [-0.2, 0) is 0 Å². The van der Waals surface area contributed by atoms with Gasteiger partial charge in [0, 0.05) is 18.8 Å². The molecule has 0 spiro atoms. The Labute approximate surface area is 213 Å². The molecule has 0 aliphatic carbocycles. The number of nitrogen functional groups attached to an aromatic ring is 1. The molecule has 11 heteroatoms. The third kappa shape index (κ3) is 4.37. The molecule has 196 valence electrons. The van der Waals surface area contributed by atoms with Crippen molar-refractivity contribution >= 4 is 22.8 Å². The molecule has 1 unspecified atom stereocenters. The molecular formula is C26H29F2N5O4. The van der Waals surface area contributed by atoms with Gasteiger partial charge in [-0.25, -0.2) is 18.6 Å². The maximum absolute atomic E-state index is 14.9. The van der Waals surface area contributed by atoms with Crippen LogP contribution in [0.4, 0.5) is 19.4 Å². The number of nitrogens with zero attached hydrogens (tertiary/aromatic N) is 4. The van der Waals surface area contributed by atoms with E-state index < -0.39 is 28.7 Å². The van der Waals surface area contributed by atoms with Gasteiger partial charge in [-0.3, -0.25) is 4.68 Å². The Hall–Kier alpha value is -4.07. The van der Waals surface area contributed by atoms with Gasteiger partial charge in [0.1, 0.15) is 17.1 Å². The van der Waals surface area contributed by atoms with E-state index in [9.17, 15) is 18.7 Å². The fraction of sp³-hybridized carbons (Fsp3) is 0.423.